The summed E-state index contributed by atoms with van der Waals surface area (Å²) in [7, 11) is 4.25. The van der Waals surface area contributed by atoms with Crippen LogP contribution in [0.15, 0.2) is 18.6 Å². The lowest BCUT2D eigenvalue weighted by atomic mass is 9.90. The third-order valence-electron chi connectivity index (χ3n) is 6.21. The Hall–Kier alpha value is -2.74. The molecule has 4 rings (SSSR count). The first-order chi connectivity index (χ1) is 14.3. The van der Waals surface area contributed by atoms with Gasteiger partial charge in [-0.25, -0.2) is 9.50 Å². The monoisotopic (exact) mass is 409 g/mol. The van der Waals surface area contributed by atoms with Crippen LogP contribution in [0.2, 0.25) is 0 Å². The van der Waals surface area contributed by atoms with Crippen molar-refractivity contribution >= 4 is 11.6 Å². The van der Waals surface area contributed by atoms with Gasteiger partial charge < -0.3 is 10.2 Å². The summed E-state index contributed by atoms with van der Waals surface area (Å²) < 4.78 is 1.76. The van der Waals surface area contributed by atoms with Crippen LogP contribution in [0.25, 0.3) is 16.9 Å². The number of hydrogen-bond donors (Lipinski definition) is 2. The fourth-order valence-electron chi connectivity index (χ4n) is 4.53. The molecule has 160 valence electrons. The summed E-state index contributed by atoms with van der Waals surface area (Å²) in [5.74, 6) is 0.0591. The molecule has 1 saturated carbocycles. The zero-order chi connectivity index (χ0) is 21.4. The van der Waals surface area contributed by atoms with Crippen LogP contribution in [0.4, 0.5) is 0 Å². The zero-order valence-electron chi connectivity index (χ0n) is 18.4. The molecule has 0 spiro atoms. The molecule has 1 aliphatic carbocycles. The molecule has 0 aliphatic heterocycles. The second kappa shape index (κ2) is 8.18. The standard InChI is InChI=1S/C22H31N7O/c1-13(2)18-19(15-10-14(3)21-23-12-24-29(21)11-15)26-27-20(18)22(30)25-16-6-8-17(9-7-16)28(4)5/h10-13,16-17H,6-9H2,1-5H3,(H,25,30)(H,26,27)/t16-,17-. The highest BCUT2D eigenvalue weighted by molar-refractivity contribution is 5.96. The van der Waals surface area contributed by atoms with E-state index in [2.05, 4.69) is 64.5 Å². The van der Waals surface area contributed by atoms with E-state index >= 15 is 0 Å². The minimum atomic E-state index is -0.0898. The number of aromatic amines is 1. The van der Waals surface area contributed by atoms with Gasteiger partial charge in [-0.15, -0.1) is 0 Å². The van der Waals surface area contributed by atoms with Crippen LogP contribution < -0.4 is 5.32 Å². The molecule has 0 aromatic carbocycles. The van der Waals surface area contributed by atoms with Crippen molar-refractivity contribution in [2.75, 3.05) is 14.1 Å². The number of nitrogens with one attached hydrogen (secondary N) is 2. The third-order valence-corrected chi connectivity index (χ3v) is 6.21. The lowest BCUT2D eigenvalue weighted by Gasteiger charge is -2.32. The van der Waals surface area contributed by atoms with Crippen molar-refractivity contribution in [2.45, 2.75) is 64.5 Å². The number of fused-ring (bicyclic) bond motifs is 1. The van der Waals surface area contributed by atoms with Gasteiger partial charge in [0.15, 0.2) is 11.3 Å². The van der Waals surface area contributed by atoms with Crippen molar-refractivity contribution in [1.82, 2.24) is 35.0 Å². The normalized spacial score (nSPS) is 19.7. The Balaban J connectivity index is 1.59. The molecule has 3 heterocycles. The maximum atomic E-state index is 13.1. The number of H-pyrrole nitrogens is 1. The maximum Gasteiger partial charge on any atom is 0.272 e. The lowest BCUT2D eigenvalue weighted by Crippen LogP contribution is -2.42. The molecular formula is C22H31N7O. The average molecular weight is 410 g/mol. The average Bonchev–Trinajstić information content (AvgIpc) is 3.35. The molecule has 1 aliphatic rings. The van der Waals surface area contributed by atoms with Gasteiger partial charge in [0.2, 0.25) is 0 Å². The Morgan fingerprint density at radius 1 is 1.27 bits per heavy atom. The fourth-order valence-corrected chi connectivity index (χ4v) is 4.53. The Bertz CT molecular complexity index is 1040. The van der Waals surface area contributed by atoms with E-state index in [4.69, 9.17) is 0 Å². The third kappa shape index (κ3) is 3.84. The van der Waals surface area contributed by atoms with Crippen molar-refractivity contribution in [3.05, 3.63) is 35.4 Å². The molecule has 8 nitrogen and oxygen atoms in total. The molecule has 3 aromatic heterocycles. The van der Waals surface area contributed by atoms with Crippen molar-refractivity contribution in [3.63, 3.8) is 0 Å². The predicted octanol–water partition coefficient (Wildman–Crippen LogP) is 3.15. The first-order valence-corrected chi connectivity index (χ1v) is 10.7. The Kier molecular flexibility index (Phi) is 5.60. The van der Waals surface area contributed by atoms with Gasteiger partial charge in [0.25, 0.3) is 5.91 Å². The molecule has 30 heavy (non-hydrogen) atoms. The molecule has 8 heteroatoms. The van der Waals surface area contributed by atoms with Crippen molar-refractivity contribution in [3.8, 4) is 11.3 Å². The van der Waals surface area contributed by atoms with E-state index in [0.29, 0.717) is 11.7 Å². The van der Waals surface area contributed by atoms with Crippen LogP contribution in [0.3, 0.4) is 0 Å². The number of hydrogen-bond acceptors (Lipinski definition) is 5. The number of aryl methyl sites for hydroxylation is 1. The number of carbonyl (C=O) groups is 1. The molecule has 3 aromatic rings. The number of carbonyl (C=O) groups excluding carboxylic acids is 1. The number of nitrogens with zero attached hydrogens (tertiary/aromatic N) is 5. The van der Waals surface area contributed by atoms with Crippen molar-refractivity contribution < 1.29 is 4.79 Å². The van der Waals surface area contributed by atoms with E-state index in [1.54, 1.807) is 10.8 Å². The molecule has 0 unspecified atom stereocenters. The Morgan fingerprint density at radius 3 is 2.67 bits per heavy atom. The van der Waals surface area contributed by atoms with Gasteiger partial charge in [-0.05, 0) is 64.3 Å². The van der Waals surface area contributed by atoms with E-state index in [0.717, 1.165) is 53.7 Å². The largest absolute Gasteiger partial charge is 0.348 e. The quantitative estimate of drug-likeness (QED) is 0.675. The van der Waals surface area contributed by atoms with Crippen LogP contribution in [0.5, 0.6) is 0 Å². The van der Waals surface area contributed by atoms with Gasteiger partial charge >= 0.3 is 0 Å². The second-order valence-corrected chi connectivity index (χ2v) is 8.90. The summed E-state index contributed by atoms with van der Waals surface area (Å²) in [5.41, 5.74) is 5.10. The number of pyridine rings is 1. The van der Waals surface area contributed by atoms with E-state index in [1.807, 2.05) is 13.1 Å². The topological polar surface area (TPSA) is 91.2 Å². The van der Waals surface area contributed by atoms with Crippen LogP contribution in [0.1, 0.15) is 67.1 Å². The fraction of sp³-hybridized carbons (Fsp3) is 0.545. The highest BCUT2D eigenvalue weighted by Gasteiger charge is 2.27. The van der Waals surface area contributed by atoms with Crippen molar-refractivity contribution in [1.29, 1.82) is 0 Å². The molecule has 0 radical (unpaired) electrons. The summed E-state index contributed by atoms with van der Waals surface area (Å²) in [6.07, 6.45) is 7.71. The summed E-state index contributed by atoms with van der Waals surface area (Å²) in [6.45, 7) is 6.19. The van der Waals surface area contributed by atoms with E-state index in [9.17, 15) is 4.79 Å². The molecule has 2 N–H and O–H groups in total. The van der Waals surface area contributed by atoms with Crippen molar-refractivity contribution in [2.24, 2.45) is 0 Å². The molecule has 1 amide bonds. The smallest absolute Gasteiger partial charge is 0.272 e. The van der Waals surface area contributed by atoms with E-state index in [1.165, 1.54) is 0 Å². The first-order valence-electron chi connectivity index (χ1n) is 10.7. The lowest BCUT2D eigenvalue weighted by molar-refractivity contribution is 0.0909. The Labute approximate surface area is 177 Å². The van der Waals surface area contributed by atoms with E-state index in [-0.39, 0.29) is 17.9 Å². The summed E-state index contributed by atoms with van der Waals surface area (Å²) in [6, 6.07) is 2.88. The van der Waals surface area contributed by atoms with Gasteiger partial charge in [-0.3, -0.25) is 9.89 Å². The molecule has 0 atom stereocenters. The molecular weight excluding hydrogens is 378 g/mol. The van der Waals surface area contributed by atoms with Crippen LogP contribution in [-0.4, -0.2) is 61.8 Å². The zero-order valence-corrected chi connectivity index (χ0v) is 18.4. The van der Waals surface area contributed by atoms with Gasteiger partial charge in [0.1, 0.15) is 6.33 Å². The second-order valence-electron chi connectivity index (χ2n) is 8.90. The van der Waals surface area contributed by atoms with E-state index < -0.39 is 0 Å². The number of rotatable bonds is 5. The SMILES string of the molecule is Cc1cc(-c2[nH]nc(C(=O)N[C@H]3CC[C@H](N(C)C)CC3)c2C(C)C)cn2ncnc12. The minimum Gasteiger partial charge on any atom is -0.348 e. The Morgan fingerprint density at radius 2 is 2.00 bits per heavy atom. The number of aromatic nitrogens is 5. The van der Waals surface area contributed by atoms with Crippen LogP contribution in [0, 0.1) is 6.92 Å². The van der Waals surface area contributed by atoms with Crippen LogP contribution in [-0.2, 0) is 0 Å². The molecule has 0 bridgehead atoms. The predicted molar refractivity (Wildman–Crippen MR) is 117 cm³/mol. The van der Waals surface area contributed by atoms with Gasteiger partial charge in [-0.1, -0.05) is 13.8 Å². The molecule has 0 saturated heterocycles. The number of amides is 1. The minimum absolute atomic E-state index is 0.0898. The highest BCUT2D eigenvalue weighted by Crippen LogP contribution is 2.31. The van der Waals surface area contributed by atoms with Crippen LogP contribution >= 0.6 is 0 Å². The summed E-state index contributed by atoms with van der Waals surface area (Å²) >= 11 is 0. The maximum absolute atomic E-state index is 13.1. The van der Waals surface area contributed by atoms with Gasteiger partial charge in [0.05, 0.1) is 5.69 Å². The first kappa shape index (κ1) is 20.5. The summed E-state index contributed by atoms with van der Waals surface area (Å²) in [5, 5.41) is 15.0. The highest BCUT2D eigenvalue weighted by atomic mass is 16.2. The van der Waals surface area contributed by atoms with Gasteiger partial charge in [0, 0.05) is 29.4 Å². The summed E-state index contributed by atoms with van der Waals surface area (Å²) in [4.78, 5) is 19.7. The molecule has 1 fully saturated rings. The van der Waals surface area contributed by atoms with Gasteiger partial charge in [-0.2, -0.15) is 10.2 Å².